The highest BCUT2D eigenvalue weighted by Gasteiger charge is 2.13. The van der Waals surface area contributed by atoms with Crippen LogP contribution < -0.4 is 9.47 Å². The Bertz CT molecular complexity index is 850. The molecule has 2 aromatic heterocycles. The average Bonchev–Trinajstić information content (AvgIpc) is 2.90. The minimum Gasteiger partial charge on any atom is -0.493 e. The molecule has 0 unspecified atom stereocenters. The minimum absolute atomic E-state index is 0.385. The number of nitrogens with zero attached hydrogens (tertiary/aromatic N) is 5. The lowest BCUT2D eigenvalue weighted by molar-refractivity contribution is 0.375. The van der Waals surface area contributed by atoms with Crippen molar-refractivity contribution in [2.24, 2.45) is 7.05 Å². The van der Waals surface area contributed by atoms with E-state index in [1.165, 1.54) is 13.4 Å². The molecule has 0 spiro atoms. The summed E-state index contributed by atoms with van der Waals surface area (Å²) >= 11 is 0. The minimum atomic E-state index is 0.385. The third-order valence-electron chi connectivity index (χ3n) is 2.99. The Labute approximate surface area is 120 Å². The molecule has 0 bridgehead atoms. The summed E-state index contributed by atoms with van der Waals surface area (Å²) < 4.78 is 12.7. The number of aryl methyl sites for hydroxylation is 1. The van der Waals surface area contributed by atoms with Gasteiger partial charge in [-0.15, -0.1) is 0 Å². The second-order valence-corrected chi connectivity index (χ2v) is 4.26. The normalized spacial score (nSPS) is 10.3. The summed E-state index contributed by atoms with van der Waals surface area (Å²) in [5.74, 6) is 1.32. The number of aromatic nitrogens is 4. The first-order chi connectivity index (χ1) is 10.2. The van der Waals surface area contributed by atoms with E-state index in [1.807, 2.05) is 0 Å². The van der Waals surface area contributed by atoms with Gasteiger partial charge in [-0.1, -0.05) is 0 Å². The molecule has 0 aliphatic carbocycles. The Kier molecular flexibility index (Phi) is 3.12. The first kappa shape index (κ1) is 12.9. The summed E-state index contributed by atoms with van der Waals surface area (Å²) in [6, 6.07) is 6.98. The van der Waals surface area contributed by atoms with Crippen LogP contribution in [-0.2, 0) is 7.05 Å². The van der Waals surface area contributed by atoms with Crippen molar-refractivity contribution in [2.45, 2.75) is 0 Å². The summed E-state index contributed by atoms with van der Waals surface area (Å²) in [6.07, 6.45) is 3.05. The lowest BCUT2D eigenvalue weighted by Crippen LogP contribution is -1.96. The summed E-state index contributed by atoms with van der Waals surface area (Å²) in [5.41, 5.74) is 1.17. The first-order valence-electron chi connectivity index (χ1n) is 6.11. The van der Waals surface area contributed by atoms with E-state index >= 15 is 0 Å². The van der Waals surface area contributed by atoms with Crippen molar-refractivity contribution in [1.82, 2.24) is 19.7 Å². The van der Waals surface area contributed by atoms with Crippen molar-refractivity contribution in [3.05, 3.63) is 36.3 Å². The van der Waals surface area contributed by atoms with Gasteiger partial charge in [0.05, 0.1) is 24.9 Å². The Hall–Kier alpha value is -3.14. The quantitative estimate of drug-likeness (QED) is 0.730. The molecule has 0 fully saturated rings. The van der Waals surface area contributed by atoms with E-state index in [4.69, 9.17) is 14.7 Å². The van der Waals surface area contributed by atoms with Gasteiger partial charge >= 0.3 is 0 Å². The van der Waals surface area contributed by atoms with Crippen LogP contribution in [0.1, 0.15) is 5.56 Å². The maximum atomic E-state index is 8.90. The zero-order chi connectivity index (χ0) is 14.8. The molecule has 0 amide bonds. The maximum Gasteiger partial charge on any atom is 0.233 e. The predicted molar refractivity (Wildman–Crippen MR) is 74.1 cm³/mol. The number of benzene rings is 1. The SMILES string of the molecule is COc1cc(C#N)ccc1Oc1ncnc2c1cnn2C. The number of ether oxygens (including phenoxy) is 2. The highest BCUT2D eigenvalue weighted by Crippen LogP contribution is 2.33. The molecule has 0 radical (unpaired) electrons. The number of fused-ring (bicyclic) bond motifs is 1. The van der Waals surface area contributed by atoms with E-state index in [9.17, 15) is 0 Å². The molecule has 0 saturated heterocycles. The molecule has 0 N–H and O–H groups in total. The molecule has 0 aliphatic heterocycles. The van der Waals surface area contributed by atoms with Gasteiger partial charge in [-0.3, -0.25) is 4.68 Å². The largest absolute Gasteiger partial charge is 0.493 e. The van der Waals surface area contributed by atoms with Crippen LogP contribution in [-0.4, -0.2) is 26.9 Å². The monoisotopic (exact) mass is 281 g/mol. The Morgan fingerprint density at radius 2 is 2.10 bits per heavy atom. The third kappa shape index (κ3) is 2.23. The van der Waals surface area contributed by atoms with Gasteiger partial charge in [0.2, 0.25) is 5.88 Å². The summed E-state index contributed by atoms with van der Waals surface area (Å²) in [4.78, 5) is 8.27. The Morgan fingerprint density at radius 3 is 2.86 bits per heavy atom. The van der Waals surface area contributed by atoms with Gasteiger partial charge in [-0.25, -0.2) is 9.97 Å². The van der Waals surface area contributed by atoms with Crippen LogP contribution in [0.15, 0.2) is 30.7 Å². The third-order valence-corrected chi connectivity index (χ3v) is 2.99. The number of hydrogen-bond acceptors (Lipinski definition) is 6. The van der Waals surface area contributed by atoms with Gasteiger partial charge in [0, 0.05) is 13.1 Å². The molecule has 0 saturated carbocycles. The highest BCUT2D eigenvalue weighted by molar-refractivity contribution is 5.80. The number of methoxy groups -OCH3 is 1. The number of rotatable bonds is 3. The van der Waals surface area contributed by atoms with Crippen molar-refractivity contribution in [3.63, 3.8) is 0 Å². The second-order valence-electron chi connectivity index (χ2n) is 4.26. The summed E-state index contributed by atoms with van der Waals surface area (Å²) in [5, 5.41) is 13.7. The smallest absolute Gasteiger partial charge is 0.233 e. The topological polar surface area (TPSA) is 85.8 Å². The van der Waals surface area contributed by atoms with Gasteiger partial charge in [0.25, 0.3) is 0 Å². The van der Waals surface area contributed by atoms with E-state index < -0.39 is 0 Å². The molecule has 7 heteroatoms. The molecule has 21 heavy (non-hydrogen) atoms. The second kappa shape index (κ2) is 5.09. The molecule has 3 rings (SSSR count). The van der Waals surface area contributed by atoms with E-state index in [-0.39, 0.29) is 0 Å². The Morgan fingerprint density at radius 1 is 1.24 bits per heavy atom. The van der Waals surface area contributed by atoms with Crippen molar-refractivity contribution >= 4 is 11.0 Å². The molecule has 2 heterocycles. The van der Waals surface area contributed by atoms with Crippen molar-refractivity contribution < 1.29 is 9.47 Å². The van der Waals surface area contributed by atoms with Crippen LogP contribution >= 0.6 is 0 Å². The lowest BCUT2D eigenvalue weighted by atomic mass is 10.2. The average molecular weight is 281 g/mol. The van der Waals surface area contributed by atoms with E-state index in [1.54, 1.807) is 36.1 Å². The van der Waals surface area contributed by atoms with Gasteiger partial charge in [-0.05, 0) is 12.1 Å². The molecule has 7 nitrogen and oxygen atoms in total. The zero-order valence-corrected chi connectivity index (χ0v) is 11.4. The molecule has 0 atom stereocenters. The maximum absolute atomic E-state index is 8.90. The molecular weight excluding hydrogens is 270 g/mol. The van der Waals surface area contributed by atoms with Crippen LogP contribution in [0.4, 0.5) is 0 Å². The number of nitriles is 1. The van der Waals surface area contributed by atoms with Crippen LogP contribution in [0.3, 0.4) is 0 Å². The summed E-state index contributed by atoms with van der Waals surface area (Å²) in [6.45, 7) is 0. The van der Waals surface area contributed by atoms with Gasteiger partial charge in [0.15, 0.2) is 17.1 Å². The van der Waals surface area contributed by atoms with Gasteiger partial charge < -0.3 is 9.47 Å². The highest BCUT2D eigenvalue weighted by atomic mass is 16.5. The van der Waals surface area contributed by atoms with Crippen molar-refractivity contribution in [3.8, 4) is 23.4 Å². The number of hydrogen-bond donors (Lipinski definition) is 0. The lowest BCUT2D eigenvalue weighted by Gasteiger charge is -2.10. The fraction of sp³-hybridized carbons (Fsp3) is 0.143. The van der Waals surface area contributed by atoms with Gasteiger partial charge in [-0.2, -0.15) is 10.4 Å². The molecule has 0 aliphatic rings. The summed E-state index contributed by atoms with van der Waals surface area (Å²) in [7, 11) is 3.31. The molecule has 3 aromatic rings. The Balaban J connectivity index is 2.05. The molecule has 104 valence electrons. The zero-order valence-electron chi connectivity index (χ0n) is 11.4. The fourth-order valence-electron chi connectivity index (χ4n) is 1.95. The van der Waals surface area contributed by atoms with E-state index in [0.717, 1.165) is 0 Å². The van der Waals surface area contributed by atoms with E-state index in [2.05, 4.69) is 21.1 Å². The standard InChI is InChI=1S/C14H11N5O2/c1-19-13-10(7-18-19)14(17-8-16-13)21-11-4-3-9(6-15)5-12(11)20-2/h3-5,7-8H,1-2H3. The predicted octanol–water partition coefficient (Wildman–Crippen LogP) is 2.04. The molecule has 1 aromatic carbocycles. The first-order valence-corrected chi connectivity index (χ1v) is 6.11. The van der Waals surface area contributed by atoms with E-state index in [0.29, 0.717) is 34.0 Å². The van der Waals surface area contributed by atoms with Crippen molar-refractivity contribution in [1.29, 1.82) is 5.26 Å². The van der Waals surface area contributed by atoms with Gasteiger partial charge in [0.1, 0.15) is 11.7 Å². The van der Waals surface area contributed by atoms with Crippen LogP contribution in [0.5, 0.6) is 17.4 Å². The van der Waals surface area contributed by atoms with Crippen LogP contribution in [0.25, 0.3) is 11.0 Å². The fourth-order valence-corrected chi connectivity index (χ4v) is 1.95. The van der Waals surface area contributed by atoms with Crippen molar-refractivity contribution in [2.75, 3.05) is 7.11 Å². The van der Waals surface area contributed by atoms with Crippen LogP contribution in [0.2, 0.25) is 0 Å². The van der Waals surface area contributed by atoms with Crippen LogP contribution in [0, 0.1) is 11.3 Å². The molecular formula is C14H11N5O2.